The van der Waals surface area contributed by atoms with Gasteiger partial charge in [0.2, 0.25) is 21.7 Å². The van der Waals surface area contributed by atoms with E-state index in [1.807, 2.05) is 12.1 Å². The van der Waals surface area contributed by atoms with Gasteiger partial charge in [0.15, 0.2) is 11.4 Å². The molecule has 0 bridgehead atoms. The van der Waals surface area contributed by atoms with Crippen molar-refractivity contribution in [2.24, 2.45) is 5.92 Å². The smallest absolute Gasteiger partial charge is 0.407 e. The number of alkyl carbamates (subject to hydrolysis) is 1. The maximum atomic E-state index is 14.3. The van der Waals surface area contributed by atoms with Crippen molar-refractivity contribution in [3.05, 3.63) is 94.8 Å². The van der Waals surface area contributed by atoms with E-state index in [0.717, 1.165) is 5.56 Å². The Bertz CT molecular complexity index is 2060. The molecule has 15 heteroatoms. The molecule has 1 fully saturated rings. The number of fused-ring (bicyclic) bond motifs is 1. The number of amides is 2. The van der Waals surface area contributed by atoms with Crippen LogP contribution in [0, 0.1) is 5.92 Å². The van der Waals surface area contributed by atoms with Crippen molar-refractivity contribution in [2.75, 3.05) is 19.6 Å². The number of hydrogen-bond donors (Lipinski definition) is 2. The summed E-state index contributed by atoms with van der Waals surface area (Å²) in [7, 11) is -3.67. The Labute approximate surface area is 332 Å². The lowest BCUT2D eigenvalue weighted by molar-refractivity contribution is -0.137. The molecular weight excluding hydrogens is 760 g/mol. The number of ether oxygens (including phenoxy) is 2. The highest BCUT2D eigenvalue weighted by Gasteiger charge is 2.41. The molecule has 1 saturated heterocycles. The number of oxazole rings is 1. The number of rotatable bonds is 18. The molecule has 0 unspecified atom stereocenters. The van der Waals surface area contributed by atoms with E-state index in [-0.39, 0.29) is 61.4 Å². The minimum Gasteiger partial charge on any atom is -0.444 e. The van der Waals surface area contributed by atoms with Crippen LogP contribution in [0.2, 0.25) is 5.02 Å². The first-order chi connectivity index (χ1) is 26.6. The van der Waals surface area contributed by atoms with Gasteiger partial charge in [-0.15, -0.1) is 0 Å². The van der Waals surface area contributed by atoms with E-state index in [9.17, 15) is 27.6 Å². The number of hydrogen-bond acceptors (Lipinski definition) is 10. The fourth-order valence-corrected chi connectivity index (χ4v) is 7.67. The molecule has 2 heterocycles. The summed E-state index contributed by atoms with van der Waals surface area (Å²) in [5.74, 6) is -1.97. The van der Waals surface area contributed by atoms with Gasteiger partial charge in [-0.05, 0) is 81.1 Å². The molecule has 0 aliphatic carbocycles. The van der Waals surface area contributed by atoms with Crippen molar-refractivity contribution in [1.29, 1.82) is 0 Å². The molecule has 1 aliphatic heterocycles. The van der Waals surface area contributed by atoms with Gasteiger partial charge in [0.1, 0.15) is 11.1 Å². The molecular formula is C41H49ClN4O9S. The van der Waals surface area contributed by atoms with Gasteiger partial charge in [-0.1, -0.05) is 61.3 Å². The first kappa shape index (κ1) is 42.5. The lowest BCUT2D eigenvalue weighted by atomic mass is 9.89. The summed E-state index contributed by atoms with van der Waals surface area (Å²) in [6, 6.07) is 19.4. The van der Waals surface area contributed by atoms with Crippen molar-refractivity contribution in [1.82, 2.24) is 19.9 Å². The highest BCUT2D eigenvalue weighted by Crippen LogP contribution is 2.29. The minimum atomic E-state index is -3.67. The van der Waals surface area contributed by atoms with Crippen LogP contribution in [-0.4, -0.2) is 79.2 Å². The predicted octanol–water partition coefficient (Wildman–Crippen LogP) is 6.66. The number of ketones is 2. The van der Waals surface area contributed by atoms with E-state index in [4.69, 9.17) is 25.5 Å². The Balaban J connectivity index is 1.32. The van der Waals surface area contributed by atoms with Crippen LogP contribution in [0.5, 0.6) is 0 Å². The molecule has 0 saturated carbocycles. The number of halogens is 1. The molecule has 13 nitrogen and oxygen atoms in total. The van der Waals surface area contributed by atoms with E-state index >= 15 is 0 Å². The predicted molar refractivity (Wildman–Crippen MR) is 211 cm³/mol. The van der Waals surface area contributed by atoms with E-state index in [1.165, 1.54) is 17.0 Å². The Morgan fingerprint density at radius 1 is 0.982 bits per heavy atom. The Morgan fingerprint density at radius 2 is 1.68 bits per heavy atom. The van der Waals surface area contributed by atoms with Gasteiger partial charge in [-0.3, -0.25) is 14.4 Å². The first-order valence-corrected chi connectivity index (χ1v) is 20.6. The van der Waals surface area contributed by atoms with Gasteiger partial charge >= 0.3 is 6.09 Å². The number of likely N-dealkylation sites (tertiary alicyclic amines) is 1. The topological polar surface area (TPSA) is 174 Å². The van der Waals surface area contributed by atoms with Crippen molar-refractivity contribution < 1.29 is 41.5 Å². The number of sulfonamides is 1. The second-order valence-electron chi connectivity index (χ2n) is 14.8. The van der Waals surface area contributed by atoms with Crippen molar-refractivity contribution in [3.8, 4) is 0 Å². The van der Waals surface area contributed by atoms with Gasteiger partial charge < -0.3 is 24.1 Å². The van der Waals surface area contributed by atoms with Crippen LogP contribution in [0.1, 0.15) is 81.6 Å². The van der Waals surface area contributed by atoms with Gasteiger partial charge in [0.25, 0.3) is 5.89 Å². The summed E-state index contributed by atoms with van der Waals surface area (Å²) in [4.78, 5) is 60.3. The largest absolute Gasteiger partial charge is 0.444 e. The SMILES string of the molecule is CCNS(=O)(=O)c1ccc(CC(=O)N2C[C@H](OCc3ccc(Cl)cc3)C[C@H]2C(=O)C[C@@H](CCCCNC(=O)OC(C)(C)C)C(=O)c2nc3ccccc3o2)cc1. The quantitative estimate of drug-likeness (QED) is 0.0817. The lowest BCUT2D eigenvalue weighted by Crippen LogP contribution is -2.42. The van der Waals surface area contributed by atoms with Gasteiger partial charge in [-0.25, -0.2) is 22.9 Å². The summed E-state index contributed by atoms with van der Waals surface area (Å²) in [5, 5.41) is 3.31. The highest BCUT2D eigenvalue weighted by atomic mass is 35.5. The molecule has 300 valence electrons. The standard InChI is InChI=1S/C41H49ClN4O9S/c1-5-44-56(51,52)32-19-15-27(16-20-32)22-37(48)46-25-31(53-26-28-13-17-30(42)18-14-28)24-34(46)35(47)23-29(10-8-9-21-43-40(50)55-41(2,3)4)38(49)39-45-33-11-6-7-12-36(33)54-39/h6-7,11-20,29,31,34,44H,5,8-10,21-26H2,1-4H3,(H,43,50)/t29-,31-,34+/m1/s1. The van der Waals surface area contributed by atoms with E-state index in [0.29, 0.717) is 47.5 Å². The van der Waals surface area contributed by atoms with Crippen LogP contribution in [0.4, 0.5) is 4.79 Å². The Hall–Kier alpha value is -4.63. The van der Waals surface area contributed by atoms with Gasteiger partial charge in [0, 0.05) is 43.4 Å². The average Bonchev–Trinajstić information content (AvgIpc) is 3.78. The van der Waals surface area contributed by atoms with Crippen LogP contribution in [0.15, 0.2) is 82.1 Å². The van der Waals surface area contributed by atoms with E-state index < -0.39 is 45.6 Å². The van der Waals surface area contributed by atoms with Crippen LogP contribution in [0.25, 0.3) is 11.1 Å². The zero-order valence-electron chi connectivity index (χ0n) is 32.1. The fraction of sp³-hybridized carbons (Fsp3) is 0.439. The summed E-state index contributed by atoms with van der Waals surface area (Å²) in [6.45, 7) is 7.95. The number of carbonyl (C=O) groups excluding carboxylic acids is 4. The Morgan fingerprint density at radius 3 is 2.36 bits per heavy atom. The maximum Gasteiger partial charge on any atom is 0.407 e. The number of nitrogens with zero attached hydrogens (tertiary/aromatic N) is 2. The van der Waals surface area contributed by atoms with Crippen molar-refractivity contribution in [3.63, 3.8) is 0 Å². The monoisotopic (exact) mass is 808 g/mol. The molecule has 2 amide bonds. The van der Waals surface area contributed by atoms with Crippen LogP contribution in [-0.2, 0) is 42.1 Å². The molecule has 0 spiro atoms. The van der Waals surface area contributed by atoms with Crippen molar-refractivity contribution in [2.45, 2.75) is 95.5 Å². The molecule has 4 aromatic rings. The fourth-order valence-electron chi connectivity index (χ4n) is 6.51. The molecule has 1 aromatic heterocycles. The van der Waals surface area contributed by atoms with Crippen LogP contribution < -0.4 is 10.0 Å². The number of aromatic nitrogens is 1. The van der Waals surface area contributed by atoms with Gasteiger partial charge in [0.05, 0.1) is 30.1 Å². The molecule has 3 aromatic carbocycles. The Kier molecular flexibility index (Phi) is 14.4. The molecule has 1 aliphatic rings. The average molecular weight is 809 g/mol. The molecule has 0 radical (unpaired) electrons. The number of nitrogens with one attached hydrogen (secondary N) is 2. The minimum absolute atomic E-state index is 0.0782. The number of Topliss-reactive ketones (excluding diaryl/α,β-unsaturated/α-hetero) is 2. The van der Waals surface area contributed by atoms with Crippen LogP contribution >= 0.6 is 11.6 Å². The summed E-state index contributed by atoms with van der Waals surface area (Å²) >= 11 is 6.05. The van der Waals surface area contributed by atoms with Crippen LogP contribution in [0.3, 0.4) is 0 Å². The lowest BCUT2D eigenvalue weighted by Gasteiger charge is -2.25. The van der Waals surface area contributed by atoms with E-state index in [2.05, 4.69) is 15.0 Å². The second-order valence-corrected chi connectivity index (χ2v) is 17.0. The van der Waals surface area contributed by atoms with Gasteiger partial charge in [-0.2, -0.15) is 0 Å². The second kappa shape index (κ2) is 19.0. The first-order valence-electron chi connectivity index (χ1n) is 18.8. The number of unbranched alkanes of at least 4 members (excludes halogenated alkanes) is 1. The third kappa shape index (κ3) is 11.9. The maximum absolute atomic E-state index is 14.3. The third-order valence-corrected chi connectivity index (χ3v) is 11.1. The molecule has 5 rings (SSSR count). The summed E-state index contributed by atoms with van der Waals surface area (Å²) < 4.78 is 44.7. The normalized spacial score (nSPS) is 16.5. The number of para-hydroxylation sites is 2. The molecule has 56 heavy (non-hydrogen) atoms. The third-order valence-electron chi connectivity index (χ3n) is 9.25. The molecule has 2 N–H and O–H groups in total. The summed E-state index contributed by atoms with van der Waals surface area (Å²) in [6.07, 6.45) is 0.284. The summed E-state index contributed by atoms with van der Waals surface area (Å²) in [5.41, 5.74) is 1.77. The molecule has 3 atom stereocenters. The van der Waals surface area contributed by atoms with E-state index in [1.54, 1.807) is 76.2 Å². The van der Waals surface area contributed by atoms with Crippen molar-refractivity contribution >= 4 is 56.3 Å². The highest BCUT2D eigenvalue weighted by molar-refractivity contribution is 7.89. The zero-order chi connectivity index (χ0) is 40.5. The zero-order valence-corrected chi connectivity index (χ0v) is 33.7. The number of carbonyl (C=O) groups is 4. The number of benzene rings is 3.